The molecule has 1 heterocycles. The number of aliphatic hydroxyl groups is 1. The molecule has 1 aliphatic heterocycles. The fourth-order valence-electron chi connectivity index (χ4n) is 1.70. The van der Waals surface area contributed by atoms with Crippen molar-refractivity contribution in [2.45, 2.75) is 19.3 Å². The molecule has 0 fully saturated rings. The van der Waals surface area contributed by atoms with Gasteiger partial charge in [-0.25, -0.2) is 0 Å². The molecule has 4 heteroatoms. The van der Waals surface area contributed by atoms with Crippen LogP contribution in [0, 0.1) is 0 Å². The first-order valence-corrected chi connectivity index (χ1v) is 5.97. The predicted molar refractivity (Wildman–Crippen MR) is 63.4 cm³/mol. The minimum atomic E-state index is 0.242. The molecular formula is C13H18O4. The van der Waals surface area contributed by atoms with Gasteiger partial charge in [-0.2, -0.15) is 0 Å². The molecule has 1 aliphatic rings. The molecule has 1 aromatic carbocycles. The van der Waals surface area contributed by atoms with Crippen molar-refractivity contribution < 1.29 is 19.3 Å². The molecule has 0 aromatic heterocycles. The summed E-state index contributed by atoms with van der Waals surface area (Å²) in [5.41, 5.74) is 1.19. The van der Waals surface area contributed by atoms with Gasteiger partial charge in [0.25, 0.3) is 0 Å². The maximum absolute atomic E-state index is 8.61. The minimum absolute atomic E-state index is 0.242. The molecular weight excluding hydrogens is 220 g/mol. The van der Waals surface area contributed by atoms with Crippen LogP contribution in [0.5, 0.6) is 11.5 Å². The summed E-state index contributed by atoms with van der Waals surface area (Å²) < 4.78 is 16.0. The zero-order valence-electron chi connectivity index (χ0n) is 9.85. The summed E-state index contributed by atoms with van der Waals surface area (Å²) in [6.07, 6.45) is 2.59. The van der Waals surface area contributed by atoms with Crippen molar-refractivity contribution in [3.8, 4) is 11.5 Å². The molecule has 17 heavy (non-hydrogen) atoms. The first kappa shape index (κ1) is 12.2. The molecule has 0 amide bonds. The number of ether oxygens (including phenoxy) is 3. The predicted octanol–water partition coefficient (Wildman–Crippen LogP) is 1.75. The Morgan fingerprint density at radius 3 is 2.88 bits per heavy atom. The van der Waals surface area contributed by atoms with E-state index in [2.05, 4.69) is 0 Å². The summed E-state index contributed by atoms with van der Waals surface area (Å²) in [5.74, 6) is 1.64. The van der Waals surface area contributed by atoms with Crippen molar-refractivity contribution >= 4 is 0 Å². The molecule has 0 aliphatic carbocycles. The van der Waals surface area contributed by atoms with Crippen LogP contribution in [0.1, 0.15) is 18.4 Å². The van der Waals surface area contributed by atoms with E-state index in [1.54, 1.807) is 0 Å². The van der Waals surface area contributed by atoms with Gasteiger partial charge in [0, 0.05) is 13.2 Å². The molecule has 1 aromatic rings. The van der Waals surface area contributed by atoms with E-state index in [1.807, 2.05) is 18.2 Å². The lowest BCUT2D eigenvalue weighted by atomic mass is 10.1. The van der Waals surface area contributed by atoms with E-state index in [1.165, 1.54) is 5.56 Å². The van der Waals surface area contributed by atoms with E-state index in [0.717, 1.165) is 30.8 Å². The first-order valence-electron chi connectivity index (χ1n) is 5.97. The Balaban J connectivity index is 1.69. The average molecular weight is 238 g/mol. The van der Waals surface area contributed by atoms with Crippen molar-refractivity contribution in [2.24, 2.45) is 0 Å². The van der Waals surface area contributed by atoms with Crippen LogP contribution in [-0.2, 0) is 11.2 Å². The van der Waals surface area contributed by atoms with E-state index < -0.39 is 0 Å². The fourth-order valence-corrected chi connectivity index (χ4v) is 1.70. The van der Waals surface area contributed by atoms with Gasteiger partial charge in [-0.15, -0.1) is 0 Å². The Labute approximate surface area is 101 Å². The molecule has 1 N–H and O–H groups in total. The highest BCUT2D eigenvalue weighted by atomic mass is 16.7. The smallest absolute Gasteiger partial charge is 0.231 e. The maximum atomic E-state index is 8.61. The fraction of sp³-hybridized carbons (Fsp3) is 0.538. The number of rotatable bonds is 7. The van der Waals surface area contributed by atoms with Crippen molar-refractivity contribution in [2.75, 3.05) is 26.6 Å². The Bertz CT molecular complexity index is 351. The highest BCUT2D eigenvalue weighted by Gasteiger charge is 2.12. The van der Waals surface area contributed by atoms with Gasteiger partial charge in [0.1, 0.15) is 0 Å². The lowest BCUT2D eigenvalue weighted by molar-refractivity contribution is 0.128. The maximum Gasteiger partial charge on any atom is 0.231 e. The van der Waals surface area contributed by atoms with Crippen LogP contribution in [0.4, 0.5) is 0 Å². The van der Waals surface area contributed by atoms with Gasteiger partial charge >= 0.3 is 0 Å². The number of hydrogen-bond donors (Lipinski definition) is 1. The largest absolute Gasteiger partial charge is 0.454 e. The van der Waals surface area contributed by atoms with Crippen molar-refractivity contribution in [3.63, 3.8) is 0 Å². The molecule has 94 valence electrons. The summed E-state index contributed by atoms with van der Waals surface area (Å²) in [5, 5.41) is 8.61. The second-order valence-corrected chi connectivity index (χ2v) is 3.98. The lowest BCUT2D eigenvalue weighted by Crippen LogP contribution is -2.01. The van der Waals surface area contributed by atoms with Crippen LogP contribution in [0.3, 0.4) is 0 Å². The van der Waals surface area contributed by atoms with E-state index in [0.29, 0.717) is 20.0 Å². The number of aliphatic hydroxyl groups excluding tert-OH is 1. The summed E-state index contributed by atoms with van der Waals surface area (Å²) >= 11 is 0. The number of fused-ring (bicyclic) bond motifs is 1. The van der Waals surface area contributed by atoms with E-state index >= 15 is 0 Å². The standard InChI is InChI=1S/C13H18O4/c14-6-1-2-7-15-8-5-11-3-4-12-13(9-11)17-10-16-12/h3-4,9,14H,1-2,5-8,10H2. The Hall–Kier alpha value is -1.26. The highest BCUT2D eigenvalue weighted by Crippen LogP contribution is 2.32. The Kier molecular flexibility index (Phi) is 4.64. The number of benzene rings is 1. The summed E-state index contributed by atoms with van der Waals surface area (Å²) in [7, 11) is 0. The van der Waals surface area contributed by atoms with Crippen LogP contribution in [-0.4, -0.2) is 31.7 Å². The second-order valence-electron chi connectivity index (χ2n) is 3.98. The number of unbranched alkanes of at least 4 members (excludes halogenated alkanes) is 1. The molecule has 0 unspecified atom stereocenters. The quantitative estimate of drug-likeness (QED) is 0.735. The second kappa shape index (κ2) is 6.47. The van der Waals surface area contributed by atoms with Crippen molar-refractivity contribution in [1.82, 2.24) is 0 Å². The van der Waals surface area contributed by atoms with Crippen LogP contribution in [0.2, 0.25) is 0 Å². The van der Waals surface area contributed by atoms with Gasteiger partial charge in [-0.1, -0.05) is 6.07 Å². The lowest BCUT2D eigenvalue weighted by Gasteiger charge is -2.04. The molecule has 2 rings (SSSR count). The van der Waals surface area contributed by atoms with Crippen LogP contribution in [0.15, 0.2) is 18.2 Å². The van der Waals surface area contributed by atoms with Crippen LogP contribution >= 0.6 is 0 Å². The average Bonchev–Trinajstić information content (AvgIpc) is 2.81. The minimum Gasteiger partial charge on any atom is -0.454 e. The van der Waals surface area contributed by atoms with E-state index in [9.17, 15) is 0 Å². The van der Waals surface area contributed by atoms with Gasteiger partial charge in [0.2, 0.25) is 6.79 Å². The Morgan fingerprint density at radius 1 is 1.12 bits per heavy atom. The summed E-state index contributed by atoms with van der Waals surface area (Å²) in [4.78, 5) is 0. The molecule has 4 nitrogen and oxygen atoms in total. The van der Waals surface area contributed by atoms with Crippen LogP contribution < -0.4 is 9.47 Å². The third-order valence-electron chi connectivity index (χ3n) is 2.67. The molecule has 0 saturated heterocycles. The topological polar surface area (TPSA) is 47.9 Å². The van der Waals surface area contributed by atoms with Gasteiger partial charge in [-0.3, -0.25) is 0 Å². The van der Waals surface area contributed by atoms with Gasteiger partial charge in [-0.05, 0) is 37.0 Å². The van der Waals surface area contributed by atoms with Gasteiger partial charge < -0.3 is 19.3 Å². The van der Waals surface area contributed by atoms with Gasteiger partial charge in [0.15, 0.2) is 11.5 Å². The molecule has 0 atom stereocenters. The van der Waals surface area contributed by atoms with Crippen molar-refractivity contribution in [1.29, 1.82) is 0 Å². The highest BCUT2D eigenvalue weighted by molar-refractivity contribution is 5.44. The summed E-state index contributed by atoms with van der Waals surface area (Å²) in [6.45, 7) is 1.97. The molecule has 0 spiro atoms. The number of hydrogen-bond acceptors (Lipinski definition) is 4. The monoisotopic (exact) mass is 238 g/mol. The molecule has 0 radical (unpaired) electrons. The molecule has 0 bridgehead atoms. The zero-order chi connectivity index (χ0) is 11.9. The third kappa shape index (κ3) is 3.61. The van der Waals surface area contributed by atoms with E-state index in [-0.39, 0.29) is 6.61 Å². The third-order valence-corrected chi connectivity index (χ3v) is 2.67. The normalized spacial score (nSPS) is 13.0. The van der Waals surface area contributed by atoms with E-state index in [4.69, 9.17) is 19.3 Å². The van der Waals surface area contributed by atoms with Crippen LogP contribution in [0.25, 0.3) is 0 Å². The Morgan fingerprint density at radius 2 is 2.00 bits per heavy atom. The SMILES string of the molecule is OCCCCOCCc1ccc2c(c1)OCO2. The zero-order valence-corrected chi connectivity index (χ0v) is 9.85. The summed E-state index contributed by atoms with van der Waals surface area (Å²) in [6, 6.07) is 5.97. The molecule has 0 saturated carbocycles. The van der Waals surface area contributed by atoms with Gasteiger partial charge in [0.05, 0.1) is 6.61 Å². The van der Waals surface area contributed by atoms with Crippen molar-refractivity contribution in [3.05, 3.63) is 23.8 Å². The first-order chi connectivity index (χ1) is 8.40.